The van der Waals surface area contributed by atoms with Crippen molar-refractivity contribution in [2.24, 2.45) is 11.8 Å². The number of hydrogen-bond acceptors (Lipinski definition) is 4. The lowest BCUT2D eigenvalue weighted by Gasteiger charge is -2.21. The van der Waals surface area contributed by atoms with Crippen molar-refractivity contribution in [2.45, 2.75) is 38.3 Å². The van der Waals surface area contributed by atoms with E-state index in [4.69, 9.17) is 4.74 Å². The standard InChI is InChI=1S/C16H18F3N3O4/c1-8-7-11(16(17,18)19)21-22(8)6-2-5-20-14(23)12-9-3-4-10(26-9)13(12)15(24)25/h3-4,7,9-10,12-13H,2,5-6H2,1H3,(H,20,23)(H,24,25)/t9-,10-,12-,13+/m1/s1. The number of hydrogen-bond donors (Lipinski definition) is 2. The van der Waals surface area contributed by atoms with E-state index < -0.39 is 47.8 Å². The molecule has 0 spiro atoms. The topological polar surface area (TPSA) is 93.5 Å². The number of aromatic nitrogens is 2. The molecule has 3 rings (SSSR count). The van der Waals surface area contributed by atoms with Crippen LogP contribution >= 0.6 is 0 Å². The van der Waals surface area contributed by atoms with Crippen molar-refractivity contribution in [2.75, 3.05) is 6.54 Å². The molecule has 2 N–H and O–H groups in total. The molecule has 2 aliphatic heterocycles. The van der Waals surface area contributed by atoms with Crippen LogP contribution in [0, 0.1) is 18.8 Å². The number of ether oxygens (including phenoxy) is 1. The predicted molar refractivity (Wildman–Crippen MR) is 82.0 cm³/mol. The van der Waals surface area contributed by atoms with Crippen LogP contribution in [-0.4, -0.2) is 45.5 Å². The maximum Gasteiger partial charge on any atom is 0.435 e. The predicted octanol–water partition coefficient (Wildman–Crippen LogP) is 1.37. The van der Waals surface area contributed by atoms with Gasteiger partial charge in [-0.1, -0.05) is 12.2 Å². The number of rotatable bonds is 6. The molecular formula is C16H18F3N3O4. The number of carbonyl (C=O) groups excluding carboxylic acids is 1. The second kappa shape index (κ2) is 6.75. The fraction of sp³-hybridized carbons (Fsp3) is 0.562. The fourth-order valence-corrected chi connectivity index (χ4v) is 3.35. The molecule has 1 amide bonds. The van der Waals surface area contributed by atoms with Crippen LogP contribution in [0.5, 0.6) is 0 Å². The van der Waals surface area contributed by atoms with Crippen molar-refractivity contribution in [1.29, 1.82) is 0 Å². The molecule has 26 heavy (non-hydrogen) atoms. The Morgan fingerprint density at radius 3 is 2.54 bits per heavy atom. The summed E-state index contributed by atoms with van der Waals surface area (Å²) in [6.07, 6.45) is -1.96. The first-order valence-corrected chi connectivity index (χ1v) is 8.14. The Kier molecular flexibility index (Phi) is 4.78. The molecule has 1 aromatic heterocycles. The zero-order chi connectivity index (χ0) is 19.1. The minimum Gasteiger partial charge on any atom is -0.481 e. The molecule has 1 aromatic rings. The van der Waals surface area contributed by atoms with E-state index in [2.05, 4.69) is 10.4 Å². The summed E-state index contributed by atoms with van der Waals surface area (Å²) in [5.74, 6) is -3.24. The highest BCUT2D eigenvalue weighted by Gasteiger charge is 2.53. The van der Waals surface area contributed by atoms with Crippen LogP contribution in [0.15, 0.2) is 18.2 Å². The lowest BCUT2D eigenvalue weighted by atomic mass is 9.82. The first-order chi connectivity index (χ1) is 12.2. The average Bonchev–Trinajstić information content (AvgIpc) is 3.24. The highest BCUT2D eigenvalue weighted by atomic mass is 19.4. The van der Waals surface area contributed by atoms with Gasteiger partial charge in [0.15, 0.2) is 5.69 Å². The largest absolute Gasteiger partial charge is 0.481 e. The first-order valence-electron chi connectivity index (χ1n) is 8.14. The van der Waals surface area contributed by atoms with Crippen molar-refractivity contribution in [3.63, 3.8) is 0 Å². The van der Waals surface area contributed by atoms with Crippen LogP contribution < -0.4 is 5.32 Å². The van der Waals surface area contributed by atoms with Gasteiger partial charge < -0.3 is 15.2 Å². The number of aliphatic carboxylic acids is 1. The van der Waals surface area contributed by atoms with Gasteiger partial charge in [-0.25, -0.2) is 0 Å². The molecule has 7 nitrogen and oxygen atoms in total. The molecule has 0 aromatic carbocycles. The maximum absolute atomic E-state index is 12.6. The number of halogens is 3. The van der Waals surface area contributed by atoms with Gasteiger partial charge in [0.2, 0.25) is 5.91 Å². The molecule has 1 saturated heterocycles. The van der Waals surface area contributed by atoms with Gasteiger partial charge in [-0.05, 0) is 19.4 Å². The number of nitrogens with one attached hydrogen (secondary N) is 1. The van der Waals surface area contributed by atoms with Crippen LogP contribution in [-0.2, 0) is 27.0 Å². The summed E-state index contributed by atoms with van der Waals surface area (Å²) in [6.45, 7) is 1.93. The van der Waals surface area contributed by atoms with Crippen LogP contribution in [0.1, 0.15) is 17.8 Å². The number of amides is 1. The summed E-state index contributed by atoms with van der Waals surface area (Å²) < 4.78 is 44.5. The second-order valence-corrected chi connectivity index (χ2v) is 6.38. The van der Waals surface area contributed by atoms with Gasteiger partial charge in [-0.15, -0.1) is 0 Å². The highest BCUT2D eigenvalue weighted by Crippen LogP contribution is 2.39. The van der Waals surface area contributed by atoms with Gasteiger partial charge in [-0.3, -0.25) is 14.3 Å². The summed E-state index contributed by atoms with van der Waals surface area (Å²) in [6, 6.07) is 0.967. The Labute approximate surface area is 146 Å². The molecule has 0 unspecified atom stereocenters. The van der Waals surface area contributed by atoms with Gasteiger partial charge in [0.05, 0.1) is 18.1 Å². The summed E-state index contributed by atoms with van der Waals surface area (Å²) in [4.78, 5) is 23.6. The SMILES string of the molecule is Cc1cc(C(F)(F)F)nn1CCCNC(=O)[C@H]1[C@@H](C(=O)O)[C@H]2C=C[C@H]1O2. The zero-order valence-corrected chi connectivity index (χ0v) is 13.9. The Morgan fingerprint density at radius 2 is 1.96 bits per heavy atom. The van der Waals surface area contributed by atoms with Gasteiger partial charge in [0.25, 0.3) is 0 Å². The number of fused-ring (bicyclic) bond motifs is 2. The van der Waals surface area contributed by atoms with Crippen LogP contribution in [0.25, 0.3) is 0 Å². The Bertz CT molecular complexity index is 744. The highest BCUT2D eigenvalue weighted by molar-refractivity contribution is 5.87. The van der Waals surface area contributed by atoms with E-state index in [0.717, 1.165) is 6.07 Å². The quantitative estimate of drug-likeness (QED) is 0.580. The number of aryl methyl sites for hydroxylation is 2. The van der Waals surface area contributed by atoms with Crippen molar-refractivity contribution in [3.8, 4) is 0 Å². The second-order valence-electron chi connectivity index (χ2n) is 6.38. The Morgan fingerprint density at radius 1 is 1.31 bits per heavy atom. The zero-order valence-electron chi connectivity index (χ0n) is 13.9. The van der Waals surface area contributed by atoms with E-state index in [9.17, 15) is 27.9 Å². The normalized spacial score (nSPS) is 27.1. The Balaban J connectivity index is 1.51. The number of nitrogens with zero attached hydrogens (tertiary/aromatic N) is 2. The van der Waals surface area contributed by atoms with E-state index in [1.54, 1.807) is 12.2 Å². The van der Waals surface area contributed by atoms with E-state index in [1.807, 2.05) is 0 Å². The molecule has 10 heteroatoms. The number of carboxylic acid groups (broad SMARTS) is 1. The van der Waals surface area contributed by atoms with Gasteiger partial charge in [0, 0.05) is 18.8 Å². The average molecular weight is 373 g/mol. The maximum atomic E-state index is 12.6. The molecule has 0 saturated carbocycles. The molecule has 0 radical (unpaired) electrons. The minimum atomic E-state index is -4.49. The van der Waals surface area contributed by atoms with Crippen LogP contribution in [0.2, 0.25) is 0 Å². The molecule has 4 atom stereocenters. The van der Waals surface area contributed by atoms with Gasteiger partial charge in [0.1, 0.15) is 5.92 Å². The third-order valence-corrected chi connectivity index (χ3v) is 4.60. The summed E-state index contributed by atoms with van der Waals surface area (Å²) in [7, 11) is 0. The van der Waals surface area contributed by atoms with Crippen molar-refractivity contribution < 1.29 is 32.6 Å². The lowest BCUT2D eigenvalue weighted by molar-refractivity contribution is -0.146. The summed E-state index contributed by atoms with van der Waals surface area (Å²) in [5.41, 5.74) is -0.574. The molecule has 1 fully saturated rings. The number of carbonyl (C=O) groups is 2. The molecule has 3 heterocycles. The smallest absolute Gasteiger partial charge is 0.435 e. The van der Waals surface area contributed by atoms with E-state index in [-0.39, 0.29) is 13.1 Å². The Hall–Kier alpha value is -2.36. The lowest BCUT2D eigenvalue weighted by Crippen LogP contribution is -2.42. The van der Waals surface area contributed by atoms with Crippen molar-refractivity contribution in [1.82, 2.24) is 15.1 Å². The van der Waals surface area contributed by atoms with Gasteiger partial charge in [-0.2, -0.15) is 18.3 Å². The van der Waals surface area contributed by atoms with Crippen LogP contribution in [0.4, 0.5) is 13.2 Å². The summed E-state index contributed by atoms with van der Waals surface area (Å²) >= 11 is 0. The molecule has 2 bridgehead atoms. The number of alkyl halides is 3. The molecule has 0 aliphatic carbocycles. The monoisotopic (exact) mass is 373 g/mol. The van der Waals surface area contributed by atoms with E-state index >= 15 is 0 Å². The third kappa shape index (κ3) is 3.46. The fourth-order valence-electron chi connectivity index (χ4n) is 3.35. The van der Waals surface area contributed by atoms with E-state index in [0.29, 0.717) is 12.1 Å². The molecule has 142 valence electrons. The number of carboxylic acids is 1. The van der Waals surface area contributed by atoms with Crippen molar-refractivity contribution >= 4 is 11.9 Å². The third-order valence-electron chi connectivity index (χ3n) is 4.60. The molecule has 2 aliphatic rings. The van der Waals surface area contributed by atoms with Crippen molar-refractivity contribution in [3.05, 3.63) is 29.6 Å². The first kappa shape index (κ1) is 18.4. The van der Waals surface area contributed by atoms with Gasteiger partial charge >= 0.3 is 12.1 Å². The van der Waals surface area contributed by atoms with E-state index in [1.165, 1.54) is 11.6 Å². The molecular weight excluding hydrogens is 355 g/mol. The minimum absolute atomic E-state index is 0.198. The summed E-state index contributed by atoms with van der Waals surface area (Å²) in [5, 5.41) is 15.4. The van der Waals surface area contributed by atoms with Crippen LogP contribution in [0.3, 0.4) is 0 Å².